The second-order valence-electron chi connectivity index (χ2n) is 5.68. The van der Waals surface area contributed by atoms with E-state index in [2.05, 4.69) is 10.1 Å². The second kappa shape index (κ2) is 6.38. The minimum absolute atomic E-state index is 0.0569. The number of hydrogen-bond acceptors (Lipinski definition) is 5. The van der Waals surface area contributed by atoms with Gasteiger partial charge in [0.05, 0.1) is 26.8 Å². The molecule has 0 aliphatic carbocycles. The molecule has 1 saturated heterocycles. The van der Waals surface area contributed by atoms with Gasteiger partial charge in [0.2, 0.25) is 0 Å². The molecule has 0 aromatic carbocycles. The Morgan fingerprint density at radius 1 is 1.38 bits per heavy atom. The molecule has 1 aliphatic heterocycles. The molecule has 3 aromatic heterocycles. The molecule has 1 fully saturated rings. The highest BCUT2D eigenvalue weighted by Gasteiger charge is 2.30. The van der Waals surface area contributed by atoms with Crippen molar-refractivity contribution in [3.8, 4) is 0 Å². The molecule has 0 N–H and O–H groups in total. The van der Waals surface area contributed by atoms with Gasteiger partial charge < -0.3 is 4.90 Å². The number of halogens is 1. The Morgan fingerprint density at radius 2 is 2.25 bits per heavy atom. The van der Waals surface area contributed by atoms with Gasteiger partial charge in [0.15, 0.2) is 0 Å². The zero-order valence-electron chi connectivity index (χ0n) is 13.0. The molecule has 1 atom stereocenters. The van der Waals surface area contributed by atoms with Crippen LogP contribution in [0.3, 0.4) is 0 Å². The third-order valence-corrected chi connectivity index (χ3v) is 6.49. The summed E-state index contributed by atoms with van der Waals surface area (Å²) in [7, 11) is 1.90. The number of fused-ring (bicyclic) bond motifs is 1. The fourth-order valence-electron chi connectivity index (χ4n) is 2.91. The number of aromatic nitrogens is 3. The third kappa shape index (κ3) is 2.81. The molecule has 3 aromatic rings. The third-order valence-electron chi connectivity index (χ3n) is 4.11. The van der Waals surface area contributed by atoms with Crippen molar-refractivity contribution < 1.29 is 4.79 Å². The lowest BCUT2D eigenvalue weighted by Crippen LogP contribution is -2.40. The van der Waals surface area contributed by atoms with E-state index in [1.807, 2.05) is 42.2 Å². The smallest absolute Gasteiger partial charge is 0.264 e. The maximum atomic E-state index is 13.1. The Labute approximate surface area is 152 Å². The highest BCUT2D eigenvalue weighted by atomic mass is 35.5. The van der Waals surface area contributed by atoms with Crippen molar-refractivity contribution in [1.82, 2.24) is 19.7 Å². The predicted octanol–water partition coefficient (Wildman–Crippen LogP) is 3.61. The van der Waals surface area contributed by atoms with Gasteiger partial charge in [0.25, 0.3) is 5.91 Å². The van der Waals surface area contributed by atoms with Crippen LogP contribution in [0.5, 0.6) is 0 Å². The van der Waals surface area contributed by atoms with Gasteiger partial charge in [0, 0.05) is 54.6 Å². The van der Waals surface area contributed by atoms with E-state index in [9.17, 15) is 4.79 Å². The SMILES string of the molecule is Cn1cc(C2CSCCN2C(=O)c2cc3c(Cl)cncc3s2)cn1. The van der Waals surface area contributed by atoms with Crippen LogP contribution in [0.15, 0.2) is 30.9 Å². The minimum Gasteiger partial charge on any atom is -0.329 e. The van der Waals surface area contributed by atoms with Gasteiger partial charge >= 0.3 is 0 Å². The first-order valence-corrected chi connectivity index (χ1v) is 9.88. The van der Waals surface area contributed by atoms with Crippen LogP contribution in [-0.2, 0) is 7.05 Å². The molecular weight excluding hydrogens is 364 g/mol. The molecule has 4 rings (SSSR count). The Morgan fingerprint density at radius 3 is 3.00 bits per heavy atom. The maximum absolute atomic E-state index is 13.1. The summed E-state index contributed by atoms with van der Waals surface area (Å²) in [5.74, 6) is 1.90. The normalized spacial score (nSPS) is 18.2. The van der Waals surface area contributed by atoms with E-state index in [-0.39, 0.29) is 11.9 Å². The topological polar surface area (TPSA) is 51.0 Å². The minimum atomic E-state index is 0.0569. The van der Waals surface area contributed by atoms with Gasteiger partial charge in [-0.25, -0.2) is 0 Å². The summed E-state index contributed by atoms with van der Waals surface area (Å²) in [5.41, 5.74) is 1.08. The van der Waals surface area contributed by atoms with Gasteiger partial charge in [0.1, 0.15) is 0 Å². The summed E-state index contributed by atoms with van der Waals surface area (Å²) in [6.07, 6.45) is 7.21. The Hall–Kier alpha value is -1.57. The monoisotopic (exact) mass is 378 g/mol. The summed E-state index contributed by atoms with van der Waals surface area (Å²) in [5, 5.41) is 5.73. The fraction of sp³-hybridized carbons (Fsp3) is 0.312. The first-order chi connectivity index (χ1) is 11.6. The van der Waals surface area contributed by atoms with Crippen LogP contribution < -0.4 is 0 Å². The van der Waals surface area contributed by atoms with Crippen molar-refractivity contribution in [2.45, 2.75) is 6.04 Å². The molecule has 1 unspecified atom stereocenters. The first kappa shape index (κ1) is 15.9. The van der Waals surface area contributed by atoms with E-state index in [4.69, 9.17) is 11.6 Å². The van der Waals surface area contributed by atoms with E-state index < -0.39 is 0 Å². The van der Waals surface area contributed by atoms with Crippen LogP contribution in [0.1, 0.15) is 21.3 Å². The maximum Gasteiger partial charge on any atom is 0.264 e. The van der Waals surface area contributed by atoms with E-state index in [0.29, 0.717) is 9.90 Å². The molecule has 0 spiro atoms. The number of aryl methyl sites for hydroxylation is 1. The van der Waals surface area contributed by atoms with Crippen molar-refractivity contribution in [2.75, 3.05) is 18.1 Å². The largest absolute Gasteiger partial charge is 0.329 e. The molecule has 1 amide bonds. The molecule has 0 bridgehead atoms. The average Bonchev–Trinajstić information content (AvgIpc) is 3.21. The molecule has 0 radical (unpaired) electrons. The molecule has 8 heteroatoms. The second-order valence-corrected chi connectivity index (χ2v) is 8.32. The molecule has 1 aliphatic rings. The lowest BCUT2D eigenvalue weighted by Gasteiger charge is -2.34. The number of pyridine rings is 1. The Balaban J connectivity index is 1.69. The highest BCUT2D eigenvalue weighted by Crippen LogP contribution is 2.35. The number of carbonyl (C=O) groups is 1. The summed E-state index contributed by atoms with van der Waals surface area (Å²) < 4.78 is 2.72. The van der Waals surface area contributed by atoms with Crippen LogP contribution in [-0.4, -0.2) is 43.6 Å². The van der Waals surface area contributed by atoms with Crippen LogP contribution in [0.25, 0.3) is 10.1 Å². The summed E-state index contributed by atoms with van der Waals surface area (Å²) in [6, 6.07) is 1.94. The van der Waals surface area contributed by atoms with Gasteiger partial charge in [-0.2, -0.15) is 16.9 Å². The number of thiophene rings is 1. The van der Waals surface area contributed by atoms with Crippen LogP contribution in [0.2, 0.25) is 5.02 Å². The number of hydrogen-bond donors (Lipinski definition) is 0. The van der Waals surface area contributed by atoms with Crippen molar-refractivity contribution in [2.24, 2.45) is 7.05 Å². The standard InChI is InChI=1S/C16H15ClN4OS2/c1-20-8-10(5-19-20)13-9-23-3-2-21(13)16(22)14-4-11-12(17)6-18-7-15(11)24-14/h4-8,13H,2-3,9H2,1H3. The number of nitrogens with zero attached hydrogens (tertiary/aromatic N) is 4. The predicted molar refractivity (Wildman–Crippen MR) is 98.9 cm³/mol. The summed E-state index contributed by atoms with van der Waals surface area (Å²) in [6.45, 7) is 0.739. The molecule has 4 heterocycles. The summed E-state index contributed by atoms with van der Waals surface area (Å²) in [4.78, 5) is 19.9. The van der Waals surface area contributed by atoms with E-state index in [1.165, 1.54) is 11.3 Å². The average molecular weight is 379 g/mol. The lowest BCUT2D eigenvalue weighted by molar-refractivity contribution is 0.0706. The quantitative estimate of drug-likeness (QED) is 0.683. The molecule has 0 saturated carbocycles. The summed E-state index contributed by atoms with van der Waals surface area (Å²) >= 11 is 9.52. The van der Waals surface area contributed by atoms with Crippen LogP contribution >= 0.6 is 34.7 Å². The van der Waals surface area contributed by atoms with Crippen LogP contribution in [0, 0.1) is 0 Å². The van der Waals surface area contributed by atoms with Crippen molar-refractivity contribution in [1.29, 1.82) is 0 Å². The Bertz CT molecular complexity index is 907. The molecular formula is C16H15ClN4OS2. The van der Waals surface area contributed by atoms with E-state index >= 15 is 0 Å². The zero-order valence-corrected chi connectivity index (χ0v) is 15.4. The van der Waals surface area contributed by atoms with Gasteiger partial charge in [-0.1, -0.05) is 11.6 Å². The van der Waals surface area contributed by atoms with E-state index in [1.54, 1.807) is 17.1 Å². The van der Waals surface area contributed by atoms with E-state index in [0.717, 1.165) is 33.7 Å². The lowest BCUT2D eigenvalue weighted by atomic mass is 10.1. The number of carbonyl (C=O) groups excluding carboxylic acids is 1. The van der Waals surface area contributed by atoms with Crippen molar-refractivity contribution >= 4 is 50.7 Å². The first-order valence-electron chi connectivity index (χ1n) is 7.54. The van der Waals surface area contributed by atoms with Crippen LogP contribution in [0.4, 0.5) is 0 Å². The Kier molecular flexibility index (Phi) is 4.24. The number of thioether (sulfide) groups is 1. The van der Waals surface area contributed by atoms with Crippen molar-refractivity contribution in [3.63, 3.8) is 0 Å². The number of rotatable bonds is 2. The molecule has 5 nitrogen and oxygen atoms in total. The fourth-order valence-corrected chi connectivity index (χ4v) is 5.28. The van der Waals surface area contributed by atoms with Crippen molar-refractivity contribution in [3.05, 3.63) is 46.3 Å². The zero-order chi connectivity index (χ0) is 16.7. The van der Waals surface area contributed by atoms with Gasteiger partial charge in [-0.05, 0) is 6.07 Å². The number of amides is 1. The highest BCUT2D eigenvalue weighted by molar-refractivity contribution is 7.99. The molecule has 24 heavy (non-hydrogen) atoms. The van der Waals surface area contributed by atoms with Gasteiger partial charge in [-0.15, -0.1) is 11.3 Å². The van der Waals surface area contributed by atoms with Gasteiger partial charge in [-0.3, -0.25) is 14.5 Å². The molecule has 124 valence electrons.